The fourth-order valence-corrected chi connectivity index (χ4v) is 3.85. The zero-order chi connectivity index (χ0) is 16.6. The summed E-state index contributed by atoms with van der Waals surface area (Å²) in [7, 11) is 0. The Kier molecular flexibility index (Phi) is 3.47. The van der Waals surface area contributed by atoms with Gasteiger partial charge in [0.05, 0.1) is 0 Å². The van der Waals surface area contributed by atoms with E-state index >= 15 is 0 Å². The Labute approximate surface area is 147 Å². The number of hydrogen-bond acceptors (Lipinski definition) is 4. The maximum Gasteiger partial charge on any atom is 0.161 e. The molecule has 2 aliphatic rings. The number of rotatable bonds is 3. The minimum absolute atomic E-state index is 0.508. The minimum atomic E-state index is 0.508. The van der Waals surface area contributed by atoms with Gasteiger partial charge in [-0.25, -0.2) is 9.97 Å². The van der Waals surface area contributed by atoms with Gasteiger partial charge in [0, 0.05) is 47.7 Å². The van der Waals surface area contributed by atoms with Gasteiger partial charge in [-0.05, 0) is 31.4 Å². The monoisotopic (exact) mass is 328 g/mol. The first-order valence-electron chi connectivity index (χ1n) is 8.99. The van der Waals surface area contributed by atoms with Crippen LogP contribution in [0.3, 0.4) is 0 Å². The summed E-state index contributed by atoms with van der Waals surface area (Å²) in [5, 5.41) is 0. The van der Waals surface area contributed by atoms with E-state index in [2.05, 4.69) is 34.1 Å². The van der Waals surface area contributed by atoms with Crippen molar-refractivity contribution in [1.82, 2.24) is 15.0 Å². The van der Waals surface area contributed by atoms with Crippen molar-refractivity contribution < 1.29 is 0 Å². The second-order valence-electron chi connectivity index (χ2n) is 6.87. The van der Waals surface area contributed by atoms with Gasteiger partial charge in [-0.2, -0.15) is 0 Å². The number of hydrogen-bond donors (Lipinski definition) is 0. The molecule has 3 aromatic rings. The molecule has 0 radical (unpaired) electrons. The first-order valence-corrected chi connectivity index (χ1v) is 8.99. The van der Waals surface area contributed by atoms with E-state index in [-0.39, 0.29) is 0 Å². The maximum atomic E-state index is 4.96. The van der Waals surface area contributed by atoms with E-state index in [1.807, 2.05) is 30.5 Å². The van der Waals surface area contributed by atoms with Crippen molar-refractivity contribution in [2.45, 2.75) is 25.2 Å². The lowest BCUT2D eigenvalue weighted by molar-refractivity contribution is 0.507. The number of aryl methyl sites for hydroxylation is 1. The van der Waals surface area contributed by atoms with E-state index < -0.39 is 0 Å². The normalized spacial score (nSPS) is 16.6. The van der Waals surface area contributed by atoms with Crippen LogP contribution in [0.1, 0.15) is 29.3 Å². The molecule has 1 aliphatic heterocycles. The van der Waals surface area contributed by atoms with Crippen molar-refractivity contribution in [2.75, 3.05) is 18.0 Å². The lowest BCUT2D eigenvalue weighted by Gasteiger charge is -2.40. The number of aromatic nitrogens is 3. The molecule has 5 rings (SSSR count). The standard InChI is InChI=1S/C21H20N4/c1-2-7-15(8-3-1)20-23-19-11-6-9-17(19)21(24-20)25-13-16(14-25)18-10-4-5-12-22-18/h1-5,7-8,10,12,16H,6,9,11,13-14H2. The van der Waals surface area contributed by atoms with Gasteiger partial charge in [0.1, 0.15) is 5.82 Å². The van der Waals surface area contributed by atoms with Crippen LogP contribution < -0.4 is 4.90 Å². The average Bonchev–Trinajstić information content (AvgIpc) is 3.11. The van der Waals surface area contributed by atoms with Crippen LogP contribution in [0.15, 0.2) is 54.7 Å². The molecule has 1 aromatic carbocycles. The summed E-state index contributed by atoms with van der Waals surface area (Å²) < 4.78 is 0. The lowest BCUT2D eigenvalue weighted by Crippen LogP contribution is -2.46. The van der Waals surface area contributed by atoms with Crippen LogP contribution in [0.25, 0.3) is 11.4 Å². The van der Waals surface area contributed by atoms with Crippen LogP contribution in [0, 0.1) is 0 Å². The van der Waals surface area contributed by atoms with Crippen molar-refractivity contribution in [1.29, 1.82) is 0 Å². The second kappa shape index (κ2) is 5.96. The van der Waals surface area contributed by atoms with Gasteiger partial charge in [-0.15, -0.1) is 0 Å². The summed E-state index contributed by atoms with van der Waals surface area (Å²) in [6, 6.07) is 16.5. The first-order chi connectivity index (χ1) is 12.4. The molecule has 3 heterocycles. The molecule has 0 N–H and O–H groups in total. The SMILES string of the molecule is c1ccc(-c2nc3c(c(N4CC(c5ccccn5)C4)n2)CCC3)cc1. The number of fused-ring (bicyclic) bond motifs is 1. The zero-order valence-electron chi connectivity index (χ0n) is 14.1. The number of pyridine rings is 1. The first kappa shape index (κ1) is 14.6. The Hall–Kier alpha value is -2.75. The summed E-state index contributed by atoms with van der Waals surface area (Å²) in [4.78, 5) is 16.7. The largest absolute Gasteiger partial charge is 0.355 e. The highest BCUT2D eigenvalue weighted by molar-refractivity contribution is 5.62. The molecule has 4 heteroatoms. The smallest absolute Gasteiger partial charge is 0.161 e. The number of benzene rings is 1. The third-order valence-corrected chi connectivity index (χ3v) is 5.23. The minimum Gasteiger partial charge on any atom is -0.355 e. The molecule has 4 nitrogen and oxygen atoms in total. The van der Waals surface area contributed by atoms with E-state index in [4.69, 9.17) is 9.97 Å². The van der Waals surface area contributed by atoms with E-state index in [1.54, 1.807) is 0 Å². The Balaban J connectivity index is 1.47. The Morgan fingerprint density at radius 1 is 0.880 bits per heavy atom. The summed E-state index contributed by atoms with van der Waals surface area (Å²) in [5.74, 6) is 2.51. The number of nitrogens with zero attached hydrogens (tertiary/aromatic N) is 4. The predicted octanol–water partition coefficient (Wildman–Crippen LogP) is 3.63. The van der Waals surface area contributed by atoms with E-state index in [0.717, 1.165) is 43.1 Å². The molecular formula is C21H20N4. The van der Waals surface area contributed by atoms with Gasteiger partial charge in [0.15, 0.2) is 5.82 Å². The van der Waals surface area contributed by atoms with Crippen LogP contribution >= 0.6 is 0 Å². The van der Waals surface area contributed by atoms with Crippen LogP contribution in [0.5, 0.6) is 0 Å². The molecule has 2 aromatic heterocycles. The van der Waals surface area contributed by atoms with Gasteiger partial charge < -0.3 is 4.90 Å². The molecule has 1 saturated heterocycles. The third-order valence-electron chi connectivity index (χ3n) is 5.23. The fraction of sp³-hybridized carbons (Fsp3) is 0.286. The highest BCUT2D eigenvalue weighted by Gasteiger charge is 2.33. The van der Waals surface area contributed by atoms with Crippen molar-refractivity contribution in [3.05, 3.63) is 71.7 Å². The highest BCUT2D eigenvalue weighted by Crippen LogP contribution is 2.36. The molecule has 25 heavy (non-hydrogen) atoms. The summed E-state index contributed by atoms with van der Waals surface area (Å²) >= 11 is 0. The molecule has 0 atom stereocenters. The maximum absolute atomic E-state index is 4.96. The molecule has 0 bridgehead atoms. The predicted molar refractivity (Wildman–Crippen MR) is 98.7 cm³/mol. The van der Waals surface area contributed by atoms with Crippen molar-refractivity contribution >= 4 is 5.82 Å². The van der Waals surface area contributed by atoms with E-state index in [0.29, 0.717) is 5.92 Å². The molecule has 124 valence electrons. The quantitative estimate of drug-likeness (QED) is 0.736. The summed E-state index contributed by atoms with van der Waals surface area (Å²) in [6.07, 6.45) is 5.24. The molecule has 0 amide bonds. The Morgan fingerprint density at radius 2 is 1.72 bits per heavy atom. The Bertz CT molecular complexity index is 887. The van der Waals surface area contributed by atoms with Gasteiger partial charge in [0.2, 0.25) is 0 Å². The van der Waals surface area contributed by atoms with E-state index in [9.17, 15) is 0 Å². The van der Waals surface area contributed by atoms with Gasteiger partial charge in [-0.3, -0.25) is 4.98 Å². The molecule has 1 fully saturated rings. The fourth-order valence-electron chi connectivity index (χ4n) is 3.85. The molecule has 0 saturated carbocycles. The van der Waals surface area contributed by atoms with Crippen molar-refractivity contribution in [3.8, 4) is 11.4 Å². The van der Waals surface area contributed by atoms with Crippen LogP contribution in [-0.2, 0) is 12.8 Å². The van der Waals surface area contributed by atoms with Gasteiger partial charge in [-0.1, -0.05) is 36.4 Å². The third kappa shape index (κ3) is 2.58. The molecule has 0 unspecified atom stereocenters. The highest BCUT2D eigenvalue weighted by atomic mass is 15.3. The lowest BCUT2D eigenvalue weighted by atomic mass is 9.95. The van der Waals surface area contributed by atoms with Gasteiger partial charge >= 0.3 is 0 Å². The van der Waals surface area contributed by atoms with E-state index in [1.165, 1.54) is 23.4 Å². The summed E-state index contributed by atoms with van der Waals surface area (Å²) in [5.41, 5.74) is 4.89. The van der Waals surface area contributed by atoms with Gasteiger partial charge in [0.25, 0.3) is 0 Å². The molecule has 0 spiro atoms. The topological polar surface area (TPSA) is 41.9 Å². The number of anilines is 1. The van der Waals surface area contributed by atoms with Crippen LogP contribution in [0.4, 0.5) is 5.82 Å². The average molecular weight is 328 g/mol. The van der Waals surface area contributed by atoms with Crippen LogP contribution in [-0.4, -0.2) is 28.0 Å². The Morgan fingerprint density at radius 3 is 2.52 bits per heavy atom. The van der Waals surface area contributed by atoms with Crippen molar-refractivity contribution in [2.24, 2.45) is 0 Å². The molecular weight excluding hydrogens is 308 g/mol. The zero-order valence-corrected chi connectivity index (χ0v) is 14.1. The second-order valence-corrected chi connectivity index (χ2v) is 6.87. The van der Waals surface area contributed by atoms with Crippen molar-refractivity contribution in [3.63, 3.8) is 0 Å². The summed E-state index contributed by atoms with van der Waals surface area (Å²) in [6.45, 7) is 1.99. The van der Waals surface area contributed by atoms with Crippen LogP contribution in [0.2, 0.25) is 0 Å². The molecule has 1 aliphatic carbocycles.